The highest BCUT2D eigenvalue weighted by atomic mass is 16.5. The van der Waals surface area contributed by atoms with E-state index in [1.54, 1.807) is 22.7 Å². The summed E-state index contributed by atoms with van der Waals surface area (Å²) in [4.78, 5) is 15.6. The second-order valence-electron chi connectivity index (χ2n) is 4.93. The van der Waals surface area contributed by atoms with Crippen molar-refractivity contribution in [3.63, 3.8) is 0 Å². The average Bonchev–Trinajstić information content (AvgIpc) is 2.70. The Hall–Kier alpha value is -2.04. The second kappa shape index (κ2) is 4.91. The van der Waals surface area contributed by atoms with Gasteiger partial charge in [-0.3, -0.25) is 4.40 Å². The van der Waals surface area contributed by atoms with E-state index in [1.165, 1.54) is 19.3 Å². The number of imidazole rings is 1. The highest BCUT2D eigenvalue weighted by Crippen LogP contribution is 2.29. The predicted octanol–water partition coefficient (Wildman–Crippen LogP) is 2.60. The Bertz CT molecular complexity index is 602. The highest BCUT2D eigenvalue weighted by Gasteiger charge is 2.21. The smallest absolute Gasteiger partial charge is 0.358 e. The van der Waals surface area contributed by atoms with Gasteiger partial charge in [-0.2, -0.15) is 4.98 Å². The standard InChI is InChI=1S/C14H16N2O3/c17-14(18)12-13(19-9-7-10-4-3-5-10)15-11-6-1-2-8-16(11)12/h1-2,6,8,10H,3-5,7,9H2,(H,17,18). The van der Waals surface area contributed by atoms with Gasteiger partial charge in [0, 0.05) is 6.20 Å². The SMILES string of the molecule is O=C(O)c1c(OCCC2CCC2)nc2ccccn12. The van der Waals surface area contributed by atoms with Crippen LogP contribution in [0.3, 0.4) is 0 Å². The van der Waals surface area contributed by atoms with Crippen LogP contribution in [0.15, 0.2) is 24.4 Å². The lowest BCUT2D eigenvalue weighted by molar-refractivity contribution is 0.0683. The summed E-state index contributed by atoms with van der Waals surface area (Å²) in [5, 5.41) is 9.28. The molecule has 2 heterocycles. The third-order valence-corrected chi connectivity index (χ3v) is 3.69. The molecule has 1 saturated carbocycles. The molecule has 3 rings (SSSR count). The molecule has 5 heteroatoms. The van der Waals surface area contributed by atoms with Crippen LogP contribution < -0.4 is 4.74 Å². The molecule has 0 aromatic carbocycles. The number of nitrogens with zero attached hydrogens (tertiary/aromatic N) is 2. The van der Waals surface area contributed by atoms with Crippen LogP contribution in [0.5, 0.6) is 5.88 Å². The van der Waals surface area contributed by atoms with Crippen molar-refractivity contribution in [1.29, 1.82) is 0 Å². The minimum atomic E-state index is -1.02. The van der Waals surface area contributed by atoms with Crippen molar-refractivity contribution in [2.24, 2.45) is 5.92 Å². The Kier molecular flexibility index (Phi) is 3.11. The minimum absolute atomic E-state index is 0.101. The maximum atomic E-state index is 11.3. The maximum Gasteiger partial charge on any atom is 0.358 e. The number of carboxylic acids is 1. The number of fused-ring (bicyclic) bond motifs is 1. The third-order valence-electron chi connectivity index (χ3n) is 3.69. The molecule has 0 spiro atoms. The van der Waals surface area contributed by atoms with Crippen LogP contribution in [0.1, 0.15) is 36.2 Å². The Morgan fingerprint density at radius 3 is 3.00 bits per heavy atom. The van der Waals surface area contributed by atoms with Gasteiger partial charge in [0.05, 0.1) is 6.61 Å². The molecule has 1 N–H and O–H groups in total. The van der Waals surface area contributed by atoms with Crippen LogP contribution >= 0.6 is 0 Å². The number of carbonyl (C=O) groups is 1. The van der Waals surface area contributed by atoms with E-state index in [9.17, 15) is 9.90 Å². The molecular formula is C14H16N2O3. The molecule has 5 nitrogen and oxygen atoms in total. The molecule has 100 valence electrons. The van der Waals surface area contributed by atoms with Crippen LogP contribution in [0.4, 0.5) is 0 Å². The molecule has 1 aliphatic carbocycles. The fraction of sp³-hybridized carbons (Fsp3) is 0.429. The number of aromatic carboxylic acids is 1. The first kappa shape index (κ1) is 12.0. The Labute approximate surface area is 110 Å². The summed E-state index contributed by atoms with van der Waals surface area (Å²) in [7, 11) is 0. The molecule has 2 aromatic heterocycles. The lowest BCUT2D eigenvalue weighted by atomic mass is 9.83. The van der Waals surface area contributed by atoms with E-state index >= 15 is 0 Å². The summed E-state index contributed by atoms with van der Waals surface area (Å²) in [5.74, 6) is -0.0549. The van der Waals surface area contributed by atoms with Gasteiger partial charge in [-0.25, -0.2) is 4.79 Å². The van der Waals surface area contributed by atoms with Crippen LogP contribution in [0.25, 0.3) is 5.65 Å². The molecule has 0 bridgehead atoms. The summed E-state index contributed by atoms with van der Waals surface area (Å²) in [6.45, 7) is 0.537. The van der Waals surface area contributed by atoms with E-state index < -0.39 is 5.97 Å². The van der Waals surface area contributed by atoms with Gasteiger partial charge in [-0.1, -0.05) is 25.3 Å². The molecular weight excluding hydrogens is 244 g/mol. The first-order valence-electron chi connectivity index (χ1n) is 6.59. The van der Waals surface area contributed by atoms with E-state index in [1.807, 2.05) is 6.07 Å². The zero-order valence-corrected chi connectivity index (χ0v) is 10.6. The van der Waals surface area contributed by atoms with Crippen LogP contribution in [0.2, 0.25) is 0 Å². The Morgan fingerprint density at radius 2 is 2.32 bits per heavy atom. The number of hydrogen-bond donors (Lipinski definition) is 1. The molecule has 1 aliphatic rings. The van der Waals surface area contributed by atoms with Gasteiger partial charge in [0.1, 0.15) is 5.65 Å². The molecule has 0 unspecified atom stereocenters. The van der Waals surface area contributed by atoms with Gasteiger partial charge in [-0.05, 0) is 24.5 Å². The van der Waals surface area contributed by atoms with Crippen LogP contribution in [0, 0.1) is 5.92 Å². The number of hydrogen-bond acceptors (Lipinski definition) is 3. The lowest BCUT2D eigenvalue weighted by Gasteiger charge is -2.24. The molecule has 0 saturated heterocycles. The minimum Gasteiger partial charge on any atom is -0.476 e. The van der Waals surface area contributed by atoms with Crippen molar-refractivity contribution in [1.82, 2.24) is 9.38 Å². The lowest BCUT2D eigenvalue weighted by Crippen LogP contribution is -2.15. The van der Waals surface area contributed by atoms with Crippen LogP contribution in [-0.4, -0.2) is 27.1 Å². The average molecular weight is 260 g/mol. The van der Waals surface area contributed by atoms with E-state index in [4.69, 9.17) is 4.74 Å². The van der Waals surface area contributed by atoms with Crippen molar-refractivity contribution in [2.45, 2.75) is 25.7 Å². The first-order valence-corrected chi connectivity index (χ1v) is 6.59. The van der Waals surface area contributed by atoms with Crippen molar-refractivity contribution in [3.8, 4) is 5.88 Å². The fourth-order valence-electron chi connectivity index (χ4n) is 2.37. The third kappa shape index (κ3) is 2.28. The number of pyridine rings is 1. The number of carboxylic acid groups (broad SMARTS) is 1. The molecule has 1 fully saturated rings. The van der Waals surface area contributed by atoms with E-state index in [2.05, 4.69) is 4.98 Å². The van der Waals surface area contributed by atoms with Crippen molar-refractivity contribution in [3.05, 3.63) is 30.1 Å². The Balaban J connectivity index is 1.80. The Morgan fingerprint density at radius 1 is 1.47 bits per heavy atom. The van der Waals surface area contributed by atoms with Crippen molar-refractivity contribution < 1.29 is 14.6 Å². The topological polar surface area (TPSA) is 63.8 Å². The molecule has 2 aromatic rings. The van der Waals surface area contributed by atoms with Gasteiger partial charge in [0.2, 0.25) is 5.88 Å². The van der Waals surface area contributed by atoms with Gasteiger partial charge in [0.15, 0.2) is 5.69 Å². The maximum absolute atomic E-state index is 11.3. The molecule has 0 aliphatic heterocycles. The van der Waals surface area contributed by atoms with Gasteiger partial charge in [0.25, 0.3) is 0 Å². The summed E-state index contributed by atoms with van der Waals surface area (Å²) < 4.78 is 7.12. The van der Waals surface area contributed by atoms with Crippen molar-refractivity contribution >= 4 is 11.6 Å². The fourth-order valence-corrected chi connectivity index (χ4v) is 2.37. The van der Waals surface area contributed by atoms with E-state index in [0.717, 1.165) is 12.3 Å². The van der Waals surface area contributed by atoms with Crippen LogP contribution in [-0.2, 0) is 0 Å². The van der Waals surface area contributed by atoms with Crippen molar-refractivity contribution in [2.75, 3.05) is 6.61 Å². The summed E-state index contributed by atoms with van der Waals surface area (Å²) in [6.07, 6.45) is 6.50. The molecule has 19 heavy (non-hydrogen) atoms. The highest BCUT2D eigenvalue weighted by molar-refractivity contribution is 5.89. The molecule has 0 amide bonds. The monoisotopic (exact) mass is 260 g/mol. The quantitative estimate of drug-likeness (QED) is 0.897. The summed E-state index contributed by atoms with van der Waals surface area (Å²) >= 11 is 0. The predicted molar refractivity (Wildman–Crippen MR) is 69.6 cm³/mol. The molecule has 0 radical (unpaired) electrons. The van der Waals surface area contributed by atoms with Gasteiger partial charge in [-0.15, -0.1) is 0 Å². The second-order valence-corrected chi connectivity index (χ2v) is 4.93. The zero-order valence-electron chi connectivity index (χ0n) is 10.6. The van der Waals surface area contributed by atoms with Gasteiger partial charge >= 0.3 is 5.97 Å². The normalized spacial score (nSPS) is 15.4. The van der Waals surface area contributed by atoms with E-state index in [0.29, 0.717) is 12.3 Å². The number of ether oxygens (including phenoxy) is 1. The molecule has 0 atom stereocenters. The first-order chi connectivity index (χ1) is 9.25. The van der Waals surface area contributed by atoms with Gasteiger partial charge < -0.3 is 9.84 Å². The van der Waals surface area contributed by atoms with E-state index in [-0.39, 0.29) is 11.6 Å². The summed E-state index contributed by atoms with van der Waals surface area (Å²) in [5.41, 5.74) is 0.697. The largest absolute Gasteiger partial charge is 0.476 e. The number of rotatable bonds is 5. The number of aromatic nitrogens is 2. The summed E-state index contributed by atoms with van der Waals surface area (Å²) in [6, 6.07) is 5.37. The zero-order chi connectivity index (χ0) is 13.2.